The number of methoxy groups -OCH3 is 1. The highest BCUT2D eigenvalue weighted by molar-refractivity contribution is 5.83. The molecule has 1 aliphatic carbocycles. The molecular weight excluding hydrogens is 352 g/mol. The Morgan fingerprint density at radius 2 is 1.86 bits per heavy atom. The Kier molecular flexibility index (Phi) is 5.06. The molecule has 1 heterocycles. The fraction of sp³-hybridized carbons (Fsp3) is 0.391. The zero-order valence-electron chi connectivity index (χ0n) is 15.9. The fourth-order valence-corrected chi connectivity index (χ4v) is 4.45. The lowest BCUT2D eigenvalue weighted by Crippen LogP contribution is -2.66. The molecule has 0 unspecified atom stereocenters. The zero-order chi connectivity index (χ0) is 19.7. The maximum atomic E-state index is 12.8. The lowest BCUT2D eigenvalue weighted by atomic mass is 9.71. The van der Waals surface area contributed by atoms with Gasteiger partial charge in [0.25, 0.3) is 0 Å². The first-order valence-corrected chi connectivity index (χ1v) is 9.76. The Morgan fingerprint density at radius 1 is 1.18 bits per heavy atom. The SMILES string of the molecule is COc1ccccc1-c1ccccc1[C@H]1[C@@H](C#N)N(C(=O)C2CCC2)[C@H]1CO. The van der Waals surface area contributed by atoms with Crippen LogP contribution >= 0.6 is 0 Å². The number of amides is 1. The van der Waals surface area contributed by atoms with Crippen molar-refractivity contribution in [3.05, 3.63) is 54.1 Å². The van der Waals surface area contributed by atoms with E-state index in [9.17, 15) is 15.2 Å². The average molecular weight is 376 g/mol. The van der Waals surface area contributed by atoms with Crippen LogP contribution in [0.15, 0.2) is 48.5 Å². The second-order valence-corrected chi connectivity index (χ2v) is 7.51. The van der Waals surface area contributed by atoms with Crippen LogP contribution in [0.3, 0.4) is 0 Å². The number of ether oxygens (including phenoxy) is 1. The lowest BCUT2D eigenvalue weighted by Gasteiger charge is -2.53. The number of benzene rings is 2. The second-order valence-electron chi connectivity index (χ2n) is 7.51. The van der Waals surface area contributed by atoms with Crippen LogP contribution in [0, 0.1) is 17.2 Å². The zero-order valence-corrected chi connectivity index (χ0v) is 15.9. The van der Waals surface area contributed by atoms with Crippen molar-refractivity contribution < 1.29 is 14.6 Å². The smallest absolute Gasteiger partial charge is 0.227 e. The summed E-state index contributed by atoms with van der Waals surface area (Å²) in [6.07, 6.45) is 2.83. The average Bonchev–Trinajstić information content (AvgIpc) is 2.67. The molecular formula is C23H24N2O3. The van der Waals surface area contributed by atoms with E-state index in [1.54, 1.807) is 12.0 Å². The van der Waals surface area contributed by atoms with Crippen molar-refractivity contribution in [1.29, 1.82) is 5.26 Å². The van der Waals surface area contributed by atoms with Gasteiger partial charge in [-0.3, -0.25) is 4.79 Å². The van der Waals surface area contributed by atoms with Gasteiger partial charge >= 0.3 is 0 Å². The van der Waals surface area contributed by atoms with Crippen molar-refractivity contribution in [3.8, 4) is 22.9 Å². The topological polar surface area (TPSA) is 73.6 Å². The molecule has 0 radical (unpaired) electrons. The number of nitriles is 1. The molecule has 1 amide bonds. The third-order valence-electron chi connectivity index (χ3n) is 6.16. The van der Waals surface area contributed by atoms with Gasteiger partial charge in [-0.1, -0.05) is 48.9 Å². The van der Waals surface area contributed by atoms with E-state index in [4.69, 9.17) is 4.74 Å². The summed E-state index contributed by atoms with van der Waals surface area (Å²) in [7, 11) is 1.64. The summed E-state index contributed by atoms with van der Waals surface area (Å²) in [5, 5.41) is 19.9. The summed E-state index contributed by atoms with van der Waals surface area (Å²) >= 11 is 0. The van der Waals surface area contributed by atoms with Gasteiger partial charge in [0.15, 0.2) is 0 Å². The summed E-state index contributed by atoms with van der Waals surface area (Å²) < 4.78 is 5.53. The highest BCUT2D eigenvalue weighted by Crippen LogP contribution is 2.47. The van der Waals surface area contributed by atoms with Crippen LogP contribution in [0.2, 0.25) is 0 Å². The van der Waals surface area contributed by atoms with Gasteiger partial charge in [-0.05, 0) is 30.0 Å². The number of carbonyl (C=O) groups excluding carboxylic acids is 1. The van der Waals surface area contributed by atoms with Gasteiger partial charge in [0.05, 0.1) is 25.8 Å². The van der Waals surface area contributed by atoms with E-state index in [2.05, 4.69) is 6.07 Å². The van der Waals surface area contributed by atoms with E-state index < -0.39 is 6.04 Å². The standard InChI is InChI=1S/C23H24N2O3/c1-28-21-12-5-4-10-17(21)16-9-2-3-11-18(16)22-19(13-24)25(20(22)14-26)23(27)15-7-6-8-15/h2-5,9-12,15,19-20,22,26H,6-8,14H2,1H3/t19-,20+,22+/m1/s1. The van der Waals surface area contributed by atoms with Gasteiger partial charge in [-0.2, -0.15) is 5.26 Å². The Balaban J connectivity index is 1.73. The number of aliphatic hydroxyl groups excluding tert-OH is 1. The van der Waals surface area contributed by atoms with Gasteiger partial charge in [0.1, 0.15) is 11.8 Å². The van der Waals surface area contributed by atoms with Crippen LogP contribution in [-0.2, 0) is 4.79 Å². The number of para-hydroxylation sites is 1. The highest BCUT2D eigenvalue weighted by atomic mass is 16.5. The largest absolute Gasteiger partial charge is 0.496 e. The maximum absolute atomic E-state index is 12.8. The maximum Gasteiger partial charge on any atom is 0.227 e. The number of rotatable bonds is 5. The monoisotopic (exact) mass is 376 g/mol. The fourth-order valence-electron chi connectivity index (χ4n) is 4.45. The molecule has 2 aliphatic rings. The number of hydrogen-bond acceptors (Lipinski definition) is 4. The predicted octanol–water partition coefficient (Wildman–Crippen LogP) is 3.34. The molecule has 1 N–H and O–H groups in total. The van der Waals surface area contributed by atoms with Crippen molar-refractivity contribution >= 4 is 5.91 Å². The van der Waals surface area contributed by atoms with Crippen LogP contribution in [-0.4, -0.2) is 41.7 Å². The minimum Gasteiger partial charge on any atom is -0.496 e. The van der Waals surface area contributed by atoms with Crippen molar-refractivity contribution in [1.82, 2.24) is 4.90 Å². The van der Waals surface area contributed by atoms with E-state index in [1.165, 1.54) is 0 Å². The van der Waals surface area contributed by atoms with Crippen molar-refractivity contribution in [3.63, 3.8) is 0 Å². The lowest BCUT2D eigenvalue weighted by molar-refractivity contribution is -0.154. The van der Waals surface area contributed by atoms with Crippen LogP contribution in [0.25, 0.3) is 11.1 Å². The predicted molar refractivity (Wildman–Crippen MR) is 106 cm³/mol. The van der Waals surface area contributed by atoms with Gasteiger partial charge in [0, 0.05) is 17.4 Å². The van der Waals surface area contributed by atoms with Gasteiger partial charge in [0.2, 0.25) is 5.91 Å². The summed E-state index contributed by atoms with van der Waals surface area (Å²) in [6, 6.07) is 17.1. The molecule has 2 aromatic rings. The molecule has 2 aromatic carbocycles. The summed E-state index contributed by atoms with van der Waals surface area (Å²) in [5.74, 6) is 0.559. The van der Waals surface area contributed by atoms with E-state index in [0.29, 0.717) is 0 Å². The second kappa shape index (κ2) is 7.65. The molecule has 144 valence electrons. The molecule has 2 fully saturated rings. The normalized spacial score (nSPS) is 24.0. The van der Waals surface area contributed by atoms with Gasteiger partial charge in [-0.15, -0.1) is 0 Å². The molecule has 0 spiro atoms. The van der Waals surface area contributed by atoms with Gasteiger partial charge in [-0.25, -0.2) is 0 Å². The Labute approximate surface area is 165 Å². The van der Waals surface area contributed by atoms with E-state index >= 15 is 0 Å². The minimum absolute atomic E-state index is 0.00955. The Hall–Kier alpha value is -2.84. The molecule has 0 aromatic heterocycles. The molecule has 1 saturated heterocycles. The Morgan fingerprint density at radius 3 is 2.46 bits per heavy atom. The third-order valence-corrected chi connectivity index (χ3v) is 6.16. The summed E-state index contributed by atoms with van der Waals surface area (Å²) in [5.41, 5.74) is 2.88. The number of hydrogen-bond donors (Lipinski definition) is 1. The molecule has 1 saturated carbocycles. The molecule has 5 nitrogen and oxygen atoms in total. The summed E-state index contributed by atoms with van der Waals surface area (Å²) in [6.45, 7) is -0.151. The first-order valence-electron chi connectivity index (χ1n) is 9.76. The van der Waals surface area contributed by atoms with Crippen molar-refractivity contribution in [2.45, 2.75) is 37.3 Å². The molecule has 0 bridgehead atoms. The number of aliphatic hydroxyl groups is 1. The number of carbonyl (C=O) groups is 1. The van der Waals surface area contributed by atoms with E-state index in [0.717, 1.165) is 41.7 Å². The molecule has 5 heteroatoms. The molecule has 1 aliphatic heterocycles. The first-order chi connectivity index (χ1) is 13.7. The third kappa shape index (κ3) is 2.85. The number of nitrogens with zero attached hydrogens (tertiary/aromatic N) is 2. The quantitative estimate of drug-likeness (QED) is 0.869. The van der Waals surface area contributed by atoms with Crippen LogP contribution < -0.4 is 4.74 Å². The molecule has 3 atom stereocenters. The van der Waals surface area contributed by atoms with Crippen LogP contribution in [0.4, 0.5) is 0 Å². The van der Waals surface area contributed by atoms with E-state index in [1.807, 2.05) is 48.5 Å². The number of likely N-dealkylation sites (tertiary alicyclic amines) is 1. The van der Waals surface area contributed by atoms with Crippen molar-refractivity contribution in [2.75, 3.05) is 13.7 Å². The molecule has 4 rings (SSSR count). The van der Waals surface area contributed by atoms with Crippen LogP contribution in [0.1, 0.15) is 30.7 Å². The van der Waals surface area contributed by atoms with Crippen LogP contribution in [0.5, 0.6) is 5.75 Å². The minimum atomic E-state index is -0.555. The highest BCUT2D eigenvalue weighted by Gasteiger charge is 2.53. The first kappa shape index (κ1) is 18.5. The van der Waals surface area contributed by atoms with Gasteiger partial charge < -0.3 is 14.7 Å². The molecule has 28 heavy (non-hydrogen) atoms. The summed E-state index contributed by atoms with van der Waals surface area (Å²) in [4.78, 5) is 14.4. The van der Waals surface area contributed by atoms with Crippen molar-refractivity contribution in [2.24, 2.45) is 5.92 Å². The van der Waals surface area contributed by atoms with E-state index in [-0.39, 0.29) is 30.4 Å². The Bertz CT molecular complexity index is 916.